The van der Waals surface area contributed by atoms with E-state index in [0.29, 0.717) is 22.3 Å². The van der Waals surface area contributed by atoms with E-state index in [2.05, 4.69) is 0 Å². The van der Waals surface area contributed by atoms with Crippen molar-refractivity contribution in [3.05, 3.63) is 111 Å². The molecule has 3 aromatic carbocycles. The van der Waals surface area contributed by atoms with Crippen molar-refractivity contribution in [3.8, 4) is 0 Å². The number of benzene rings is 3. The molecule has 2 bridgehead atoms. The molecular formula is C31H24Cl2N2O7. The third-order valence-corrected chi connectivity index (χ3v) is 9.80. The number of ketones is 1. The standard InChI is InChI=1S/C31H24Cl2N2O7/c1-16(2)26(29(39)42-15-23(36)17-11-13-18(14-12-17)35(40)41)34-27(37)24-25(28(34)38)31(33)20-8-4-3-7-19(20)30(24,32)21-9-5-6-10-22(21)31/h3-14,16,24-26H,15H2,1-2H3/t24-,25+,26-,30?,31?/m0/s1. The maximum atomic E-state index is 14.2. The number of hydrogen-bond acceptors (Lipinski definition) is 7. The number of imide groups is 1. The Balaban J connectivity index is 1.33. The lowest BCUT2D eigenvalue weighted by atomic mass is 9.54. The highest BCUT2D eigenvalue weighted by Gasteiger charge is 2.74. The van der Waals surface area contributed by atoms with E-state index >= 15 is 0 Å². The van der Waals surface area contributed by atoms with Crippen LogP contribution in [0.2, 0.25) is 0 Å². The molecule has 7 rings (SSSR count). The topological polar surface area (TPSA) is 124 Å². The van der Waals surface area contributed by atoms with Gasteiger partial charge in [0.25, 0.3) is 5.69 Å². The van der Waals surface area contributed by atoms with Crippen LogP contribution in [0.25, 0.3) is 0 Å². The molecule has 3 aliphatic carbocycles. The highest BCUT2D eigenvalue weighted by atomic mass is 35.5. The van der Waals surface area contributed by atoms with Gasteiger partial charge in [-0.05, 0) is 40.3 Å². The Morgan fingerprint density at radius 2 is 1.29 bits per heavy atom. The van der Waals surface area contributed by atoms with E-state index in [1.54, 1.807) is 38.1 Å². The molecule has 1 fully saturated rings. The Morgan fingerprint density at radius 1 is 0.857 bits per heavy atom. The molecule has 0 radical (unpaired) electrons. The second-order valence-electron chi connectivity index (χ2n) is 11.0. The Hall–Kier alpha value is -4.08. The third kappa shape index (κ3) is 3.69. The first-order chi connectivity index (χ1) is 19.9. The van der Waals surface area contributed by atoms with E-state index in [1.807, 2.05) is 24.3 Å². The first-order valence-corrected chi connectivity index (χ1v) is 14.1. The van der Waals surface area contributed by atoms with Crippen molar-refractivity contribution in [2.75, 3.05) is 6.61 Å². The number of nitro benzene ring substituents is 1. The molecule has 0 N–H and O–H groups in total. The number of carbonyl (C=O) groups excluding carboxylic acids is 4. The maximum absolute atomic E-state index is 14.2. The van der Waals surface area contributed by atoms with Gasteiger partial charge in [-0.2, -0.15) is 0 Å². The zero-order valence-corrected chi connectivity index (χ0v) is 24.0. The predicted octanol–water partition coefficient (Wildman–Crippen LogP) is 4.94. The number of rotatable bonds is 7. The van der Waals surface area contributed by atoms with Crippen molar-refractivity contribution >= 4 is 52.5 Å². The quantitative estimate of drug-likeness (QED) is 0.0931. The maximum Gasteiger partial charge on any atom is 0.330 e. The van der Waals surface area contributed by atoms with E-state index in [1.165, 1.54) is 24.3 Å². The van der Waals surface area contributed by atoms with Crippen LogP contribution < -0.4 is 0 Å². The van der Waals surface area contributed by atoms with Gasteiger partial charge in [-0.25, -0.2) is 4.79 Å². The summed E-state index contributed by atoms with van der Waals surface area (Å²) in [5, 5.41) is 10.9. The van der Waals surface area contributed by atoms with E-state index in [-0.39, 0.29) is 11.3 Å². The molecule has 9 nitrogen and oxygen atoms in total. The summed E-state index contributed by atoms with van der Waals surface area (Å²) in [6.07, 6.45) is 0. The summed E-state index contributed by atoms with van der Waals surface area (Å²) in [6, 6.07) is 18.0. The van der Waals surface area contributed by atoms with Crippen LogP contribution in [0.4, 0.5) is 5.69 Å². The zero-order valence-electron chi connectivity index (χ0n) is 22.5. The molecule has 0 spiro atoms. The lowest BCUT2D eigenvalue weighted by Gasteiger charge is -2.54. The largest absolute Gasteiger partial charge is 0.456 e. The van der Waals surface area contributed by atoms with E-state index in [4.69, 9.17) is 27.9 Å². The van der Waals surface area contributed by atoms with Gasteiger partial charge in [0.05, 0.1) is 16.8 Å². The summed E-state index contributed by atoms with van der Waals surface area (Å²) in [7, 11) is 0. The third-order valence-electron chi connectivity index (χ3n) is 8.52. The summed E-state index contributed by atoms with van der Waals surface area (Å²) < 4.78 is 5.33. The Morgan fingerprint density at radius 3 is 1.67 bits per heavy atom. The number of nitro groups is 1. The molecule has 11 heteroatoms. The molecule has 0 saturated carbocycles. The predicted molar refractivity (Wildman–Crippen MR) is 152 cm³/mol. The number of alkyl halides is 2. The molecule has 4 aliphatic rings. The van der Waals surface area contributed by atoms with Gasteiger partial charge >= 0.3 is 5.97 Å². The SMILES string of the molecule is CC(C)[C@@H](C(=O)OCC(=O)c1ccc([N+](=O)[O-])cc1)N1C(=O)[C@@H]2[C@H](C1=O)C1(Cl)c3ccccc3C2(Cl)c2ccccc21. The van der Waals surface area contributed by atoms with Gasteiger partial charge in [0.2, 0.25) is 11.8 Å². The van der Waals surface area contributed by atoms with Gasteiger partial charge in [0.1, 0.15) is 15.8 Å². The fraction of sp³-hybridized carbons (Fsp3) is 0.290. The highest BCUT2D eigenvalue weighted by Crippen LogP contribution is 2.69. The monoisotopic (exact) mass is 606 g/mol. The van der Waals surface area contributed by atoms with Crippen molar-refractivity contribution in [3.63, 3.8) is 0 Å². The number of ether oxygens (including phenoxy) is 1. The number of likely N-dealkylation sites (tertiary alicyclic amines) is 1. The van der Waals surface area contributed by atoms with Crippen LogP contribution in [-0.2, 0) is 28.9 Å². The average Bonchev–Trinajstić information content (AvgIpc) is 3.25. The minimum atomic E-state index is -1.40. The molecule has 0 unspecified atom stereocenters. The fourth-order valence-corrected chi connectivity index (χ4v) is 7.81. The van der Waals surface area contributed by atoms with Crippen LogP contribution >= 0.6 is 23.2 Å². The van der Waals surface area contributed by atoms with Gasteiger partial charge in [0.15, 0.2) is 12.4 Å². The van der Waals surface area contributed by atoms with Crippen LogP contribution in [0.3, 0.4) is 0 Å². The summed E-state index contributed by atoms with van der Waals surface area (Å²) in [5.74, 6) is -5.53. The van der Waals surface area contributed by atoms with Crippen LogP contribution in [-0.4, -0.2) is 46.0 Å². The molecule has 2 amide bonds. The molecule has 3 aromatic rings. The molecular weight excluding hydrogens is 583 g/mol. The Bertz CT molecular complexity index is 1560. The first kappa shape index (κ1) is 28.1. The van der Waals surface area contributed by atoms with Crippen molar-refractivity contribution in [1.82, 2.24) is 4.90 Å². The van der Waals surface area contributed by atoms with Crippen molar-refractivity contribution in [1.29, 1.82) is 0 Å². The van der Waals surface area contributed by atoms with Crippen LogP contribution in [0.5, 0.6) is 0 Å². The van der Waals surface area contributed by atoms with Gasteiger partial charge < -0.3 is 4.74 Å². The van der Waals surface area contributed by atoms with Crippen molar-refractivity contribution in [2.45, 2.75) is 29.6 Å². The van der Waals surface area contributed by atoms with Crippen molar-refractivity contribution < 1.29 is 28.8 Å². The summed E-state index contributed by atoms with van der Waals surface area (Å²) in [5.41, 5.74) is 2.48. The normalized spacial score (nSPS) is 26.0. The molecule has 1 heterocycles. The lowest BCUT2D eigenvalue weighted by molar-refractivity contribution is -0.384. The number of halogens is 2. The molecule has 1 saturated heterocycles. The summed E-state index contributed by atoms with van der Waals surface area (Å²) in [4.78, 5) is 63.0. The first-order valence-electron chi connectivity index (χ1n) is 13.3. The summed E-state index contributed by atoms with van der Waals surface area (Å²) in [6.45, 7) is 2.65. The smallest absolute Gasteiger partial charge is 0.330 e. The number of esters is 1. The summed E-state index contributed by atoms with van der Waals surface area (Å²) >= 11 is 14.9. The van der Waals surface area contributed by atoms with Crippen molar-refractivity contribution in [2.24, 2.45) is 17.8 Å². The van der Waals surface area contributed by atoms with E-state index in [9.17, 15) is 29.3 Å². The molecule has 42 heavy (non-hydrogen) atoms. The number of amides is 2. The molecule has 3 atom stereocenters. The van der Waals surface area contributed by atoms with E-state index < -0.39 is 68.6 Å². The second-order valence-corrected chi connectivity index (χ2v) is 12.2. The highest BCUT2D eigenvalue weighted by molar-refractivity contribution is 6.36. The fourth-order valence-electron chi connectivity index (χ4n) is 6.71. The number of non-ortho nitro benzene ring substituents is 1. The number of hydrogen-bond donors (Lipinski definition) is 0. The molecule has 1 aliphatic heterocycles. The Labute approximate surface area is 250 Å². The average molecular weight is 607 g/mol. The van der Waals surface area contributed by atoms with Crippen LogP contribution in [0.1, 0.15) is 46.5 Å². The Kier molecular flexibility index (Phi) is 6.51. The van der Waals surface area contributed by atoms with E-state index in [0.717, 1.165) is 4.90 Å². The van der Waals surface area contributed by atoms with Crippen LogP contribution in [0.15, 0.2) is 72.8 Å². The van der Waals surface area contributed by atoms with Crippen LogP contribution in [0, 0.1) is 27.9 Å². The molecule has 0 aromatic heterocycles. The van der Waals surface area contributed by atoms with Gasteiger partial charge in [0, 0.05) is 17.7 Å². The lowest BCUT2D eigenvalue weighted by Crippen LogP contribution is -2.57. The minimum Gasteiger partial charge on any atom is -0.456 e. The zero-order chi connectivity index (χ0) is 30.1. The minimum absolute atomic E-state index is 0.106. The number of nitrogens with zero attached hydrogens (tertiary/aromatic N) is 2. The molecule has 214 valence electrons. The second kappa shape index (κ2) is 9.74. The van der Waals surface area contributed by atoms with Gasteiger partial charge in [-0.15, -0.1) is 23.2 Å². The number of Topliss-reactive ketones (excluding diaryl/α,β-unsaturated/α-hetero) is 1. The number of carbonyl (C=O) groups is 4. The van der Waals surface area contributed by atoms with Gasteiger partial charge in [-0.1, -0.05) is 62.4 Å². The van der Waals surface area contributed by atoms with Gasteiger partial charge in [-0.3, -0.25) is 29.4 Å².